The van der Waals surface area contributed by atoms with E-state index in [1.165, 1.54) is 23.8 Å². The summed E-state index contributed by atoms with van der Waals surface area (Å²) < 4.78 is 22.0. The van der Waals surface area contributed by atoms with E-state index in [0.29, 0.717) is 22.1 Å². The van der Waals surface area contributed by atoms with Crippen molar-refractivity contribution < 1.29 is 33.3 Å². The fourth-order valence-electron chi connectivity index (χ4n) is 3.89. The summed E-state index contributed by atoms with van der Waals surface area (Å²) in [6.07, 6.45) is -0.0896. The van der Waals surface area contributed by atoms with Crippen molar-refractivity contribution in [2.24, 2.45) is 5.73 Å². The molecule has 0 bridgehead atoms. The van der Waals surface area contributed by atoms with Crippen LogP contribution >= 0.6 is 11.8 Å². The molecule has 0 unspecified atom stereocenters. The van der Waals surface area contributed by atoms with Crippen molar-refractivity contribution in [1.82, 2.24) is 4.90 Å². The van der Waals surface area contributed by atoms with Gasteiger partial charge in [-0.15, -0.1) is 0 Å². The smallest absolute Gasteiger partial charge is 0.338 e. The maximum atomic E-state index is 13.2. The second-order valence-corrected chi connectivity index (χ2v) is 9.23. The molecular weight excluding hydrogens is 460 g/mol. The number of esters is 2. The normalized spacial score (nSPS) is 20.0. The number of fused-ring (bicyclic) bond motifs is 1. The van der Waals surface area contributed by atoms with Crippen molar-refractivity contribution in [2.75, 3.05) is 20.3 Å². The van der Waals surface area contributed by atoms with E-state index in [-0.39, 0.29) is 42.2 Å². The van der Waals surface area contributed by atoms with Crippen LogP contribution in [0.1, 0.15) is 46.1 Å². The van der Waals surface area contributed by atoms with E-state index in [1.54, 1.807) is 39.0 Å². The lowest BCUT2D eigenvalue weighted by Crippen LogP contribution is -2.40. The van der Waals surface area contributed by atoms with Gasteiger partial charge in [-0.2, -0.15) is 0 Å². The molecular formula is C24H30N2O7S. The number of hydrogen-bond acceptors (Lipinski definition) is 9. The number of methoxy groups -OCH3 is 1. The maximum Gasteiger partial charge on any atom is 0.338 e. The maximum absolute atomic E-state index is 13.2. The Bertz CT molecular complexity index is 1060. The fourth-order valence-corrected chi connectivity index (χ4v) is 5.06. The minimum Gasteiger partial charge on any atom is -0.493 e. The highest BCUT2D eigenvalue weighted by molar-refractivity contribution is 8.04. The summed E-state index contributed by atoms with van der Waals surface area (Å²) >= 11 is 1.20. The summed E-state index contributed by atoms with van der Waals surface area (Å²) in [5.41, 5.74) is 7.10. The Morgan fingerprint density at radius 3 is 2.26 bits per heavy atom. The van der Waals surface area contributed by atoms with E-state index < -0.39 is 23.1 Å². The van der Waals surface area contributed by atoms with Gasteiger partial charge in [0.05, 0.1) is 53.8 Å². The Morgan fingerprint density at radius 2 is 1.71 bits per heavy atom. The summed E-state index contributed by atoms with van der Waals surface area (Å²) in [4.78, 5) is 40.5. The molecule has 2 atom stereocenters. The summed E-state index contributed by atoms with van der Waals surface area (Å²) in [5.74, 6) is -1.74. The molecule has 3 rings (SSSR count). The molecule has 9 nitrogen and oxygen atoms in total. The average Bonchev–Trinajstić information content (AvgIpc) is 3.08. The van der Waals surface area contributed by atoms with Crippen LogP contribution in [-0.2, 0) is 23.9 Å². The molecule has 0 radical (unpaired) electrons. The highest BCUT2D eigenvalue weighted by Gasteiger charge is 2.49. The predicted octanol–water partition coefficient (Wildman–Crippen LogP) is 3.05. The Balaban J connectivity index is 2.29. The van der Waals surface area contributed by atoms with E-state index >= 15 is 0 Å². The molecule has 1 aromatic carbocycles. The molecule has 1 aromatic rings. The summed E-state index contributed by atoms with van der Waals surface area (Å²) in [5, 5.41) is -0.135. The summed E-state index contributed by atoms with van der Waals surface area (Å²) in [6.45, 7) is 9.07. The average molecular weight is 491 g/mol. The second kappa shape index (κ2) is 10.4. The first-order valence-electron chi connectivity index (χ1n) is 11.1. The Labute approximate surface area is 203 Å². The highest BCUT2D eigenvalue weighted by Crippen LogP contribution is 2.50. The largest absolute Gasteiger partial charge is 0.493 e. The number of benzene rings is 1. The lowest BCUT2D eigenvalue weighted by molar-refractivity contribution is -0.139. The van der Waals surface area contributed by atoms with Crippen LogP contribution in [0.15, 0.2) is 40.2 Å². The molecule has 34 heavy (non-hydrogen) atoms. The number of nitrogens with two attached hydrogens (primary N) is 1. The van der Waals surface area contributed by atoms with Crippen LogP contribution in [0.2, 0.25) is 0 Å². The van der Waals surface area contributed by atoms with Gasteiger partial charge in [0.25, 0.3) is 0 Å². The minimum absolute atomic E-state index is 0.00344. The van der Waals surface area contributed by atoms with Crippen LogP contribution in [0, 0.1) is 0 Å². The lowest BCUT2D eigenvalue weighted by atomic mass is 9.82. The first-order chi connectivity index (χ1) is 16.2. The molecule has 1 saturated heterocycles. The Hall–Kier alpha value is -3.14. The molecule has 2 aliphatic rings. The third-order valence-corrected chi connectivity index (χ3v) is 6.44. The minimum atomic E-state index is -0.933. The van der Waals surface area contributed by atoms with Gasteiger partial charge in [0.2, 0.25) is 5.91 Å². The lowest BCUT2D eigenvalue weighted by Gasteiger charge is -2.33. The molecule has 0 saturated carbocycles. The van der Waals surface area contributed by atoms with Gasteiger partial charge in [-0.1, -0.05) is 17.8 Å². The third-order valence-electron chi connectivity index (χ3n) is 5.26. The number of hydrogen-bond donors (Lipinski definition) is 1. The number of amides is 1. The molecule has 2 aliphatic heterocycles. The standard InChI is InChI=1S/C24H30N2O7S/c1-7-31-23(28)18-17(14-9-10-15(33-12(3)4)16(11-14)30-6)19(24(29)32-8-2)22-26(20(18)25)21(27)13(5)34-22/h9-13,17H,7-8,25H2,1-6H3/t13-,17-/m1/s1. The van der Waals surface area contributed by atoms with Crippen molar-refractivity contribution in [3.63, 3.8) is 0 Å². The van der Waals surface area contributed by atoms with Gasteiger partial charge in [0.1, 0.15) is 5.82 Å². The van der Waals surface area contributed by atoms with E-state index in [1.807, 2.05) is 13.8 Å². The zero-order valence-electron chi connectivity index (χ0n) is 20.2. The van der Waals surface area contributed by atoms with Crippen LogP contribution in [0.5, 0.6) is 11.5 Å². The monoisotopic (exact) mass is 490 g/mol. The second-order valence-electron chi connectivity index (χ2n) is 7.90. The van der Waals surface area contributed by atoms with Crippen molar-refractivity contribution in [2.45, 2.75) is 51.9 Å². The third kappa shape index (κ3) is 4.59. The SMILES string of the molecule is CCOC(=O)C1=C(N)N2C(=O)[C@@H](C)SC2=C(C(=O)OCC)[C@@H]1c1ccc(OC(C)C)c(OC)c1. The highest BCUT2D eigenvalue weighted by atomic mass is 32.2. The molecule has 2 N–H and O–H groups in total. The topological polar surface area (TPSA) is 117 Å². The van der Waals surface area contributed by atoms with Gasteiger partial charge in [-0.3, -0.25) is 9.69 Å². The van der Waals surface area contributed by atoms with Crippen molar-refractivity contribution >= 4 is 29.6 Å². The first-order valence-corrected chi connectivity index (χ1v) is 12.0. The van der Waals surface area contributed by atoms with Crippen LogP contribution in [0.25, 0.3) is 0 Å². The van der Waals surface area contributed by atoms with Gasteiger partial charge in [0.15, 0.2) is 11.5 Å². The van der Waals surface area contributed by atoms with Crippen LogP contribution in [0.3, 0.4) is 0 Å². The molecule has 0 spiro atoms. The predicted molar refractivity (Wildman–Crippen MR) is 127 cm³/mol. The molecule has 2 heterocycles. The van der Waals surface area contributed by atoms with Gasteiger partial charge in [0, 0.05) is 0 Å². The fraction of sp³-hybridized carbons (Fsp3) is 0.458. The van der Waals surface area contributed by atoms with E-state index in [2.05, 4.69) is 0 Å². The Kier molecular flexibility index (Phi) is 7.81. The number of thioether (sulfide) groups is 1. The van der Waals surface area contributed by atoms with Crippen molar-refractivity contribution in [3.8, 4) is 11.5 Å². The number of carbonyl (C=O) groups is 3. The van der Waals surface area contributed by atoms with Gasteiger partial charge in [-0.05, 0) is 52.3 Å². The molecule has 184 valence electrons. The van der Waals surface area contributed by atoms with Crippen molar-refractivity contribution in [1.29, 1.82) is 0 Å². The summed E-state index contributed by atoms with van der Waals surface area (Å²) in [7, 11) is 1.50. The molecule has 0 aromatic heterocycles. The zero-order valence-corrected chi connectivity index (χ0v) is 21.0. The molecule has 10 heteroatoms. The van der Waals surface area contributed by atoms with Gasteiger partial charge >= 0.3 is 11.9 Å². The number of carbonyl (C=O) groups excluding carboxylic acids is 3. The van der Waals surface area contributed by atoms with Crippen LogP contribution < -0.4 is 15.2 Å². The summed E-state index contributed by atoms with van der Waals surface area (Å²) in [6, 6.07) is 5.13. The number of ether oxygens (including phenoxy) is 4. The van der Waals surface area contributed by atoms with Crippen molar-refractivity contribution in [3.05, 3.63) is 45.8 Å². The quantitative estimate of drug-likeness (QED) is 0.549. The Morgan fingerprint density at radius 1 is 1.09 bits per heavy atom. The number of nitrogens with zero attached hydrogens (tertiary/aromatic N) is 1. The van der Waals surface area contributed by atoms with Crippen LogP contribution in [0.4, 0.5) is 0 Å². The first kappa shape index (κ1) is 25.5. The number of rotatable bonds is 8. The zero-order chi connectivity index (χ0) is 25.2. The van der Waals surface area contributed by atoms with Gasteiger partial charge < -0.3 is 24.7 Å². The van der Waals surface area contributed by atoms with E-state index in [4.69, 9.17) is 24.7 Å². The van der Waals surface area contributed by atoms with Crippen LogP contribution in [-0.4, -0.2) is 54.4 Å². The molecule has 0 aliphatic carbocycles. The molecule has 1 fully saturated rings. The molecule has 1 amide bonds. The van der Waals surface area contributed by atoms with Gasteiger partial charge in [-0.25, -0.2) is 9.59 Å². The van der Waals surface area contributed by atoms with E-state index in [0.717, 1.165) is 0 Å². The van der Waals surface area contributed by atoms with E-state index in [9.17, 15) is 14.4 Å².